The average molecular weight is 189 g/mol. The van der Waals surface area contributed by atoms with Gasteiger partial charge in [0.15, 0.2) is 0 Å². The van der Waals surface area contributed by atoms with Crippen molar-refractivity contribution in [1.82, 2.24) is 5.32 Å². The summed E-state index contributed by atoms with van der Waals surface area (Å²) in [4.78, 5) is 0. The van der Waals surface area contributed by atoms with Crippen LogP contribution in [-0.2, 0) is 4.74 Å². The summed E-state index contributed by atoms with van der Waals surface area (Å²) >= 11 is 0. The van der Waals surface area contributed by atoms with Gasteiger partial charge in [0.25, 0.3) is 0 Å². The van der Waals surface area contributed by atoms with Crippen LogP contribution in [0.15, 0.2) is 30.3 Å². The second-order valence-corrected chi connectivity index (χ2v) is 4.42. The van der Waals surface area contributed by atoms with Crippen LogP contribution in [0.3, 0.4) is 0 Å². The van der Waals surface area contributed by atoms with E-state index in [1.165, 1.54) is 12.0 Å². The average Bonchev–Trinajstić information content (AvgIpc) is 2.78. The van der Waals surface area contributed by atoms with Crippen LogP contribution in [0.4, 0.5) is 0 Å². The quantitative estimate of drug-likeness (QED) is 0.728. The highest BCUT2D eigenvalue weighted by Crippen LogP contribution is 2.53. The van der Waals surface area contributed by atoms with Crippen molar-refractivity contribution in [3.8, 4) is 0 Å². The number of hydrogen-bond donors (Lipinski definition) is 1. The summed E-state index contributed by atoms with van der Waals surface area (Å²) in [6, 6.07) is 10.7. The second kappa shape index (κ2) is 2.81. The smallest absolute Gasteiger partial charge is 0.105 e. The van der Waals surface area contributed by atoms with Gasteiger partial charge in [-0.1, -0.05) is 30.3 Å². The van der Waals surface area contributed by atoms with Gasteiger partial charge in [-0.2, -0.15) is 0 Å². The van der Waals surface area contributed by atoms with Gasteiger partial charge in [0, 0.05) is 5.92 Å². The molecule has 1 aromatic rings. The SMILES string of the molecule is C[C@H]1NC2(CO1)C[C@@H]2c1ccccc1. The van der Waals surface area contributed by atoms with Crippen LogP contribution in [0.5, 0.6) is 0 Å². The maximum atomic E-state index is 5.57. The molecule has 1 aliphatic carbocycles. The summed E-state index contributed by atoms with van der Waals surface area (Å²) in [6.45, 7) is 2.95. The zero-order valence-electron chi connectivity index (χ0n) is 8.36. The van der Waals surface area contributed by atoms with Crippen LogP contribution in [-0.4, -0.2) is 18.4 Å². The molecule has 2 heteroatoms. The fraction of sp³-hybridized carbons (Fsp3) is 0.500. The topological polar surface area (TPSA) is 21.3 Å². The molecule has 1 N–H and O–H groups in total. The van der Waals surface area contributed by atoms with E-state index in [0.717, 1.165) is 6.61 Å². The molecule has 0 bridgehead atoms. The summed E-state index contributed by atoms with van der Waals surface area (Å²) in [5, 5.41) is 3.53. The van der Waals surface area contributed by atoms with Crippen molar-refractivity contribution >= 4 is 0 Å². The lowest BCUT2D eigenvalue weighted by molar-refractivity contribution is 0.114. The first-order valence-corrected chi connectivity index (χ1v) is 5.24. The molecule has 1 heterocycles. The summed E-state index contributed by atoms with van der Waals surface area (Å²) in [6.07, 6.45) is 1.45. The van der Waals surface area contributed by atoms with Crippen molar-refractivity contribution in [1.29, 1.82) is 0 Å². The van der Waals surface area contributed by atoms with Crippen LogP contribution in [0.2, 0.25) is 0 Å². The summed E-state index contributed by atoms with van der Waals surface area (Å²) < 4.78 is 5.57. The van der Waals surface area contributed by atoms with Gasteiger partial charge in [-0.05, 0) is 18.9 Å². The Bertz CT molecular complexity index is 337. The molecular weight excluding hydrogens is 174 g/mol. The first-order chi connectivity index (χ1) is 6.80. The van der Waals surface area contributed by atoms with E-state index in [2.05, 4.69) is 42.6 Å². The Morgan fingerprint density at radius 3 is 2.79 bits per heavy atom. The first kappa shape index (κ1) is 8.45. The van der Waals surface area contributed by atoms with Crippen LogP contribution in [0.25, 0.3) is 0 Å². The van der Waals surface area contributed by atoms with Crippen molar-refractivity contribution in [2.24, 2.45) is 0 Å². The Morgan fingerprint density at radius 1 is 1.36 bits per heavy atom. The first-order valence-electron chi connectivity index (χ1n) is 5.24. The fourth-order valence-corrected chi connectivity index (χ4v) is 2.51. The molecule has 1 saturated heterocycles. The molecule has 14 heavy (non-hydrogen) atoms. The van der Waals surface area contributed by atoms with Crippen LogP contribution in [0, 0.1) is 0 Å². The van der Waals surface area contributed by atoms with Crippen LogP contribution < -0.4 is 5.32 Å². The zero-order chi connectivity index (χ0) is 9.60. The lowest BCUT2D eigenvalue weighted by Crippen LogP contribution is -2.31. The standard InChI is InChI=1S/C12H15NO/c1-9-13-12(8-14-9)7-11(12)10-5-3-2-4-6-10/h2-6,9,11,13H,7-8H2,1H3/t9-,11+,12?/m0/s1. The summed E-state index contributed by atoms with van der Waals surface area (Å²) in [5.41, 5.74) is 1.71. The number of benzene rings is 1. The van der Waals surface area contributed by atoms with E-state index in [-0.39, 0.29) is 11.8 Å². The number of nitrogens with one attached hydrogen (secondary N) is 1. The highest BCUT2D eigenvalue weighted by Gasteiger charge is 2.58. The molecule has 1 aliphatic heterocycles. The van der Waals surface area contributed by atoms with Gasteiger partial charge in [0.1, 0.15) is 6.23 Å². The van der Waals surface area contributed by atoms with E-state index in [1.54, 1.807) is 0 Å². The van der Waals surface area contributed by atoms with E-state index in [1.807, 2.05) is 0 Å². The molecule has 3 atom stereocenters. The van der Waals surface area contributed by atoms with E-state index in [9.17, 15) is 0 Å². The molecule has 1 unspecified atom stereocenters. The van der Waals surface area contributed by atoms with E-state index < -0.39 is 0 Å². The van der Waals surface area contributed by atoms with Gasteiger partial charge in [-0.3, -0.25) is 5.32 Å². The molecule has 0 amide bonds. The highest BCUT2D eigenvalue weighted by atomic mass is 16.5. The minimum Gasteiger partial charge on any atom is -0.362 e. The Morgan fingerprint density at radius 2 is 2.14 bits per heavy atom. The molecule has 1 saturated carbocycles. The Hall–Kier alpha value is -0.860. The summed E-state index contributed by atoms with van der Waals surface area (Å²) in [5.74, 6) is 0.661. The molecular formula is C12H15NO. The van der Waals surface area contributed by atoms with Gasteiger partial charge < -0.3 is 4.74 Å². The van der Waals surface area contributed by atoms with Crippen molar-refractivity contribution in [3.05, 3.63) is 35.9 Å². The van der Waals surface area contributed by atoms with Crippen molar-refractivity contribution in [2.45, 2.75) is 31.0 Å². The molecule has 2 fully saturated rings. The zero-order valence-corrected chi connectivity index (χ0v) is 8.36. The molecule has 1 spiro atoms. The Balaban J connectivity index is 1.80. The van der Waals surface area contributed by atoms with Gasteiger partial charge in [0.05, 0.1) is 12.1 Å². The van der Waals surface area contributed by atoms with Gasteiger partial charge in [-0.25, -0.2) is 0 Å². The molecule has 74 valence electrons. The van der Waals surface area contributed by atoms with E-state index >= 15 is 0 Å². The fourth-order valence-electron chi connectivity index (χ4n) is 2.51. The summed E-state index contributed by atoms with van der Waals surface area (Å²) in [7, 11) is 0. The van der Waals surface area contributed by atoms with Gasteiger partial charge in [0.2, 0.25) is 0 Å². The van der Waals surface area contributed by atoms with E-state index in [4.69, 9.17) is 4.74 Å². The van der Waals surface area contributed by atoms with Crippen molar-refractivity contribution in [3.63, 3.8) is 0 Å². The molecule has 3 rings (SSSR count). The Kier molecular flexibility index (Phi) is 1.70. The van der Waals surface area contributed by atoms with Crippen LogP contribution in [0.1, 0.15) is 24.8 Å². The molecule has 0 radical (unpaired) electrons. The highest BCUT2D eigenvalue weighted by molar-refractivity contribution is 5.34. The third kappa shape index (κ3) is 1.18. The van der Waals surface area contributed by atoms with E-state index in [0.29, 0.717) is 5.92 Å². The maximum Gasteiger partial charge on any atom is 0.105 e. The lowest BCUT2D eigenvalue weighted by atomic mass is 10.1. The van der Waals surface area contributed by atoms with Gasteiger partial charge in [-0.15, -0.1) is 0 Å². The largest absolute Gasteiger partial charge is 0.362 e. The number of rotatable bonds is 1. The molecule has 1 aromatic carbocycles. The maximum absolute atomic E-state index is 5.57. The molecule has 0 aromatic heterocycles. The third-order valence-electron chi connectivity index (χ3n) is 3.36. The predicted octanol–water partition coefficient (Wildman–Crippen LogP) is 1.88. The monoisotopic (exact) mass is 189 g/mol. The number of hydrogen-bond acceptors (Lipinski definition) is 2. The number of ether oxygens (including phenoxy) is 1. The lowest BCUT2D eigenvalue weighted by Gasteiger charge is -2.08. The minimum atomic E-state index is 0.226. The normalized spacial score (nSPS) is 40.4. The Labute approximate surface area is 84.3 Å². The van der Waals surface area contributed by atoms with Crippen molar-refractivity contribution < 1.29 is 4.74 Å². The predicted molar refractivity (Wildman–Crippen MR) is 55.1 cm³/mol. The third-order valence-corrected chi connectivity index (χ3v) is 3.36. The molecule has 2 aliphatic rings. The second-order valence-electron chi connectivity index (χ2n) is 4.42. The van der Waals surface area contributed by atoms with Crippen LogP contribution >= 0.6 is 0 Å². The minimum absolute atomic E-state index is 0.226. The van der Waals surface area contributed by atoms with Crippen molar-refractivity contribution in [2.75, 3.05) is 6.61 Å². The van der Waals surface area contributed by atoms with Gasteiger partial charge >= 0.3 is 0 Å². The molecule has 2 nitrogen and oxygen atoms in total.